The van der Waals surface area contributed by atoms with Crippen molar-refractivity contribution in [3.8, 4) is 0 Å². The van der Waals surface area contributed by atoms with E-state index in [9.17, 15) is 9.59 Å². The quantitative estimate of drug-likeness (QED) is 0.675. The van der Waals surface area contributed by atoms with Gasteiger partial charge in [0.05, 0.1) is 6.04 Å². The van der Waals surface area contributed by atoms with Gasteiger partial charge in [0.1, 0.15) is 5.69 Å². The number of carbonyl (C=O) groups excluding carboxylic acids is 1. The van der Waals surface area contributed by atoms with E-state index in [1.807, 2.05) is 6.92 Å². The first-order valence-electron chi connectivity index (χ1n) is 5.26. The van der Waals surface area contributed by atoms with Crippen LogP contribution in [0, 0.1) is 0 Å². The third-order valence-corrected chi connectivity index (χ3v) is 2.29. The molecule has 1 aromatic heterocycles. The first kappa shape index (κ1) is 13.1. The highest BCUT2D eigenvalue weighted by Gasteiger charge is 2.10. The molecule has 0 aliphatic carbocycles. The first-order valence-corrected chi connectivity index (χ1v) is 5.26. The van der Waals surface area contributed by atoms with Crippen LogP contribution in [0.2, 0.25) is 0 Å². The minimum atomic E-state index is -1.08. The van der Waals surface area contributed by atoms with Crippen molar-refractivity contribution < 1.29 is 14.7 Å². The van der Waals surface area contributed by atoms with E-state index in [0.29, 0.717) is 13.0 Å². The van der Waals surface area contributed by atoms with Gasteiger partial charge in [0, 0.05) is 12.7 Å². The van der Waals surface area contributed by atoms with E-state index in [0.717, 1.165) is 5.56 Å². The molecule has 0 aliphatic heterocycles. The Balaban J connectivity index is 2.53. The summed E-state index contributed by atoms with van der Waals surface area (Å²) in [4.78, 5) is 25.7. The van der Waals surface area contributed by atoms with Crippen LogP contribution in [-0.2, 0) is 11.3 Å². The fraction of sp³-hybridized carbons (Fsp3) is 0.364. The summed E-state index contributed by atoms with van der Waals surface area (Å²) in [5.41, 5.74) is 6.24. The lowest BCUT2D eigenvalue weighted by Gasteiger charge is -2.09. The molecule has 0 unspecified atom stereocenters. The van der Waals surface area contributed by atoms with Gasteiger partial charge < -0.3 is 16.2 Å². The summed E-state index contributed by atoms with van der Waals surface area (Å²) < 4.78 is 0. The predicted molar refractivity (Wildman–Crippen MR) is 61.3 cm³/mol. The smallest absolute Gasteiger partial charge is 0.354 e. The highest BCUT2D eigenvalue weighted by Crippen LogP contribution is 2.00. The highest BCUT2D eigenvalue weighted by molar-refractivity contribution is 5.85. The second-order valence-electron chi connectivity index (χ2n) is 3.59. The molecule has 1 heterocycles. The second-order valence-corrected chi connectivity index (χ2v) is 3.59. The third-order valence-electron chi connectivity index (χ3n) is 2.29. The van der Waals surface area contributed by atoms with E-state index >= 15 is 0 Å². The van der Waals surface area contributed by atoms with Crippen LogP contribution in [0.4, 0.5) is 0 Å². The Morgan fingerprint density at radius 2 is 2.24 bits per heavy atom. The zero-order valence-electron chi connectivity index (χ0n) is 9.51. The van der Waals surface area contributed by atoms with Gasteiger partial charge in [-0.05, 0) is 18.1 Å². The molecule has 1 amide bonds. The van der Waals surface area contributed by atoms with Crippen molar-refractivity contribution in [1.29, 1.82) is 0 Å². The van der Waals surface area contributed by atoms with Crippen molar-refractivity contribution in [2.24, 2.45) is 5.73 Å². The number of hydrogen-bond donors (Lipinski definition) is 3. The molecule has 0 saturated carbocycles. The standard InChI is InChI=1S/C11H15N3O3/c1-2-8(12)10(15)14-6-7-3-4-9(11(16)17)13-5-7/h3-5,8H,2,6,12H2,1H3,(H,14,15)(H,16,17)/t8-/m0/s1. The van der Waals surface area contributed by atoms with Gasteiger partial charge in [0.15, 0.2) is 0 Å². The van der Waals surface area contributed by atoms with Crippen LogP contribution in [0.5, 0.6) is 0 Å². The van der Waals surface area contributed by atoms with E-state index in [1.54, 1.807) is 6.07 Å². The molecule has 0 aromatic carbocycles. The average molecular weight is 237 g/mol. The normalized spacial score (nSPS) is 11.9. The largest absolute Gasteiger partial charge is 0.477 e. The van der Waals surface area contributed by atoms with Gasteiger partial charge in [-0.15, -0.1) is 0 Å². The van der Waals surface area contributed by atoms with Crippen LogP contribution < -0.4 is 11.1 Å². The number of amides is 1. The summed E-state index contributed by atoms with van der Waals surface area (Å²) in [5.74, 6) is -1.30. The molecule has 0 aliphatic rings. The number of pyridine rings is 1. The topological polar surface area (TPSA) is 105 Å². The molecule has 0 spiro atoms. The van der Waals surface area contributed by atoms with Crippen molar-refractivity contribution >= 4 is 11.9 Å². The fourth-order valence-corrected chi connectivity index (χ4v) is 1.16. The molecule has 1 atom stereocenters. The molecule has 1 aromatic rings. The van der Waals surface area contributed by atoms with E-state index < -0.39 is 12.0 Å². The Bertz CT molecular complexity index is 403. The number of carboxylic acid groups (broad SMARTS) is 1. The number of carboxylic acids is 1. The summed E-state index contributed by atoms with van der Waals surface area (Å²) in [6, 6.07) is 2.49. The molecule has 4 N–H and O–H groups in total. The number of nitrogens with zero attached hydrogens (tertiary/aromatic N) is 1. The molecule has 1 rings (SSSR count). The lowest BCUT2D eigenvalue weighted by atomic mass is 10.2. The first-order chi connectivity index (χ1) is 8.04. The van der Waals surface area contributed by atoms with Gasteiger partial charge in [-0.3, -0.25) is 4.79 Å². The maximum absolute atomic E-state index is 11.4. The summed E-state index contributed by atoms with van der Waals surface area (Å²) in [6.07, 6.45) is 1.99. The van der Waals surface area contributed by atoms with Crippen LogP contribution in [-0.4, -0.2) is 28.0 Å². The van der Waals surface area contributed by atoms with Gasteiger partial charge in [-0.1, -0.05) is 13.0 Å². The fourth-order valence-electron chi connectivity index (χ4n) is 1.16. The van der Waals surface area contributed by atoms with Gasteiger partial charge >= 0.3 is 5.97 Å². The van der Waals surface area contributed by atoms with Crippen LogP contribution in [0.25, 0.3) is 0 Å². The van der Waals surface area contributed by atoms with Gasteiger partial charge in [0.2, 0.25) is 5.91 Å². The highest BCUT2D eigenvalue weighted by atomic mass is 16.4. The van der Waals surface area contributed by atoms with Crippen LogP contribution in [0.15, 0.2) is 18.3 Å². The van der Waals surface area contributed by atoms with Crippen LogP contribution >= 0.6 is 0 Å². The molecule has 0 bridgehead atoms. The summed E-state index contributed by atoms with van der Waals surface area (Å²) >= 11 is 0. The molecule has 0 fully saturated rings. The minimum Gasteiger partial charge on any atom is -0.477 e. The Morgan fingerprint density at radius 1 is 1.53 bits per heavy atom. The van der Waals surface area contributed by atoms with Crippen molar-refractivity contribution in [2.45, 2.75) is 25.9 Å². The molecule has 6 nitrogen and oxygen atoms in total. The van der Waals surface area contributed by atoms with Crippen LogP contribution in [0.3, 0.4) is 0 Å². The Kier molecular flexibility index (Phi) is 4.59. The maximum Gasteiger partial charge on any atom is 0.354 e. The van der Waals surface area contributed by atoms with E-state index in [2.05, 4.69) is 10.3 Å². The zero-order chi connectivity index (χ0) is 12.8. The van der Waals surface area contributed by atoms with Gasteiger partial charge in [-0.25, -0.2) is 9.78 Å². The van der Waals surface area contributed by atoms with Crippen molar-refractivity contribution in [3.63, 3.8) is 0 Å². The zero-order valence-corrected chi connectivity index (χ0v) is 9.51. The Labute approximate surface area is 98.8 Å². The second kappa shape index (κ2) is 5.95. The van der Waals surface area contributed by atoms with Crippen molar-refractivity contribution in [1.82, 2.24) is 10.3 Å². The summed E-state index contributed by atoms with van der Waals surface area (Å²) in [7, 11) is 0. The number of aromatic nitrogens is 1. The van der Waals surface area contributed by atoms with Gasteiger partial charge in [-0.2, -0.15) is 0 Å². The van der Waals surface area contributed by atoms with E-state index in [1.165, 1.54) is 12.3 Å². The number of nitrogens with two attached hydrogens (primary N) is 1. The lowest BCUT2D eigenvalue weighted by molar-refractivity contribution is -0.122. The molecule has 6 heteroatoms. The van der Waals surface area contributed by atoms with Gasteiger partial charge in [0.25, 0.3) is 0 Å². The summed E-state index contributed by atoms with van der Waals surface area (Å²) in [6.45, 7) is 2.12. The Hall–Kier alpha value is -1.95. The number of aromatic carboxylic acids is 1. The monoisotopic (exact) mass is 237 g/mol. The third kappa shape index (κ3) is 3.84. The van der Waals surface area contributed by atoms with Crippen molar-refractivity contribution in [2.75, 3.05) is 0 Å². The predicted octanol–water partition coefficient (Wildman–Crippen LogP) is 0.133. The SMILES string of the molecule is CC[C@H](N)C(=O)NCc1ccc(C(=O)O)nc1. The number of rotatable bonds is 5. The number of carbonyl (C=O) groups is 2. The molecular formula is C11H15N3O3. The molecule has 0 radical (unpaired) electrons. The summed E-state index contributed by atoms with van der Waals surface area (Å²) in [5, 5.41) is 11.3. The average Bonchev–Trinajstić information content (AvgIpc) is 2.35. The van der Waals surface area contributed by atoms with Crippen molar-refractivity contribution in [3.05, 3.63) is 29.6 Å². The number of hydrogen-bond acceptors (Lipinski definition) is 4. The van der Waals surface area contributed by atoms with E-state index in [4.69, 9.17) is 10.8 Å². The molecular weight excluding hydrogens is 222 g/mol. The molecule has 0 saturated heterocycles. The maximum atomic E-state index is 11.4. The Morgan fingerprint density at radius 3 is 2.71 bits per heavy atom. The van der Waals surface area contributed by atoms with Crippen LogP contribution in [0.1, 0.15) is 29.4 Å². The lowest BCUT2D eigenvalue weighted by Crippen LogP contribution is -2.39. The van der Waals surface area contributed by atoms with E-state index in [-0.39, 0.29) is 11.6 Å². The molecule has 92 valence electrons. The molecule has 17 heavy (non-hydrogen) atoms. The number of nitrogens with one attached hydrogen (secondary N) is 1. The minimum absolute atomic E-state index is 0.0228.